The van der Waals surface area contributed by atoms with E-state index in [-0.39, 0.29) is 5.41 Å². The molecule has 9 aromatic carbocycles. The summed E-state index contributed by atoms with van der Waals surface area (Å²) < 4.78 is 0. The van der Waals surface area contributed by atoms with Crippen molar-refractivity contribution >= 4 is 45.3 Å². The minimum absolute atomic E-state index is 0.0588. The maximum Gasteiger partial charge on any atom is 0.0710 e. The quantitative estimate of drug-likeness (QED) is 0.135. The van der Waals surface area contributed by atoms with Crippen LogP contribution < -0.4 is 9.80 Å². The summed E-state index contributed by atoms with van der Waals surface area (Å²) in [5.41, 5.74) is 33.4. The maximum atomic E-state index is 2.66. The molecule has 382 valence electrons. The van der Waals surface area contributed by atoms with E-state index >= 15 is 0 Å². The molecule has 0 heterocycles. The van der Waals surface area contributed by atoms with Gasteiger partial charge in [-0.1, -0.05) is 181 Å². The van der Waals surface area contributed by atoms with Gasteiger partial charge in [-0.2, -0.15) is 0 Å². The molecule has 0 fully saturated rings. The van der Waals surface area contributed by atoms with Crippen molar-refractivity contribution in [2.24, 2.45) is 0 Å². The fraction of sp³-hybridized carbons (Fsp3) is 0.184. The van der Waals surface area contributed by atoms with Gasteiger partial charge in [0.25, 0.3) is 0 Å². The second kappa shape index (κ2) is 19.2. The zero-order valence-electron chi connectivity index (χ0n) is 46.5. The fourth-order valence-corrected chi connectivity index (χ4v) is 13.3. The first-order chi connectivity index (χ1) is 37.8. The molecule has 4 aliphatic carbocycles. The lowest BCUT2D eigenvalue weighted by Gasteiger charge is -2.36. The van der Waals surface area contributed by atoms with Crippen LogP contribution in [0, 0.1) is 27.7 Å². The summed E-state index contributed by atoms with van der Waals surface area (Å²) in [6.07, 6.45) is 9.39. The van der Waals surface area contributed by atoms with Crippen LogP contribution in [0.5, 0.6) is 0 Å². The molecule has 4 aliphatic rings. The molecule has 13 rings (SSSR count). The molecular formula is C76H68N2. The number of fused-ring (bicyclic) bond motifs is 4. The largest absolute Gasteiger partial charge is 0.311 e. The van der Waals surface area contributed by atoms with Crippen molar-refractivity contribution in [2.45, 2.75) is 91.9 Å². The predicted molar refractivity (Wildman–Crippen MR) is 331 cm³/mol. The number of allylic oxidation sites excluding steroid dienone is 8. The molecule has 0 amide bonds. The van der Waals surface area contributed by atoms with Crippen LogP contribution in [-0.4, -0.2) is 0 Å². The smallest absolute Gasteiger partial charge is 0.0710 e. The summed E-state index contributed by atoms with van der Waals surface area (Å²) in [7, 11) is 0. The molecule has 0 saturated heterocycles. The summed E-state index contributed by atoms with van der Waals surface area (Å²) in [5.74, 6) is 0. The topological polar surface area (TPSA) is 6.48 Å². The first-order valence-corrected chi connectivity index (χ1v) is 28.1. The van der Waals surface area contributed by atoms with Gasteiger partial charge in [0, 0.05) is 39.5 Å². The lowest BCUT2D eigenvalue weighted by atomic mass is 9.65. The molecule has 0 radical (unpaired) electrons. The molecule has 0 bridgehead atoms. The van der Waals surface area contributed by atoms with E-state index in [1.165, 1.54) is 111 Å². The van der Waals surface area contributed by atoms with Crippen LogP contribution in [0.25, 0.3) is 33.4 Å². The van der Waals surface area contributed by atoms with Gasteiger partial charge in [-0.15, -0.1) is 0 Å². The van der Waals surface area contributed by atoms with E-state index in [0.29, 0.717) is 0 Å². The zero-order valence-corrected chi connectivity index (χ0v) is 46.5. The Morgan fingerprint density at radius 1 is 0.308 bits per heavy atom. The third kappa shape index (κ3) is 8.32. The van der Waals surface area contributed by atoms with Crippen molar-refractivity contribution in [1.82, 2.24) is 0 Å². The minimum atomic E-state index is -0.523. The fourth-order valence-electron chi connectivity index (χ4n) is 13.3. The summed E-state index contributed by atoms with van der Waals surface area (Å²) >= 11 is 0. The van der Waals surface area contributed by atoms with Gasteiger partial charge in [0.05, 0.1) is 5.41 Å². The van der Waals surface area contributed by atoms with E-state index in [1.54, 1.807) is 0 Å². The summed E-state index contributed by atoms with van der Waals surface area (Å²) in [5, 5.41) is 0. The van der Waals surface area contributed by atoms with E-state index in [1.807, 2.05) is 0 Å². The maximum absolute atomic E-state index is 2.66. The Morgan fingerprint density at radius 2 is 0.590 bits per heavy atom. The van der Waals surface area contributed by atoms with E-state index in [4.69, 9.17) is 0 Å². The van der Waals surface area contributed by atoms with Crippen molar-refractivity contribution in [2.75, 3.05) is 9.80 Å². The Labute approximate surface area is 463 Å². The Balaban J connectivity index is 0.920. The second-order valence-electron chi connectivity index (χ2n) is 23.3. The molecule has 78 heavy (non-hydrogen) atoms. The standard InChI is InChI=1S/C76H68N2/c1-49-9-31-61(32-10-49)77(62-33-11-50(2)12-34-62)65-39-23-57(24-40-65)55-19-27-59(28-20-55)76(73-46-54(6)18-44-68(73)70-47-72-69(48-74(70)76)67-43-17-53(5)45-71(67)75(72,7)8)60-29-21-56(22-30-60)58-25-41-66(42-26-58)78(63-35-13-51(3)14-36-63)64-37-15-52(4)16-38-64/h9-16,19-42,45-48H,17-18,43-44H2,1-8H3. The normalized spacial score (nSPS) is 15.7. The van der Waals surface area contributed by atoms with Gasteiger partial charge in [0.1, 0.15) is 0 Å². The van der Waals surface area contributed by atoms with Gasteiger partial charge in [-0.3, -0.25) is 0 Å². The van der Waals surface area contributed by atoms with Crippen LogP contribution in [0.15, 0.2) is 241 Å². The molecule has 0 aliphatic heterocycles. The SMILES string of the molecule is CC1=CC2=C(CC1)c1cc3c(cc1C2(C)C)C1=C(C=C(C)CC1)C3(c1ccc(-c2ccc(N(c3ccc(C)cc3)c3ccc(C)cc3)cc2)cc1)c1ccc(-c2ccc(N(c3ccc(C)cc3)c3ccc(C)cc3)cc2)cc1. The molecule has 0 atom stereocenters. The Kier molecular flexibility index (Phi) is 12.1. The molecule has 0 saturated carbocycles. The third-order valence-corrected chi connectivity index (χ3v) is 17.7. The monoisotopic (exact) mass is 1010 g/mol. The number of hydrogen-bond acceptors (Lipinski definition) is 2. The highest BCUT2D eigenvalue weighted by Crippen LogP contribution is 2.61. The lowest BCUT2D eigenvalue weighted by Crippen LogP contribution is -2.30. The van der Waals surface area contributed by atoms with E-state index in [2.05, 4.69) is 284 Å². The van der Waals surface area contributed by atoms with E-state index < -0.39 is 5.41 Å². The van der Waals surface area contributed by atoms with Gasteiger partial charge in [0.15, 0.2) is 0 Å². The van der Waals surface area contributed by atoms with Crippen LogP contribution >= 0.6 is 0 Å². The molecule has 0 spiro atoms. The van der Waals surface area contributed by atoms with Gasteiger partial charge < -0.3 is 9.80 Å². The zero-order chi connectivity index (χ0) is 53.5. The average Bonchev–Trinajstić information content (AvgIpc) is 3.89. The third-order valence-electron chi connectivity index (χ3n) is 17.7. The number of aryl methyl sites for hydroxylation is 4. The molecule has 9 aromatic rings. The minimum Gasteiger partial charge on any atom is -0.311 e. The number of hydrogen-bond donors (Lipinski definition) is 0. The van der Waals surface area contributed by atoms with Crippen LogP contribution in [0.4, 0.5) is 34.1 Å². The Morgan fingerprint density at radius 3 is 0.949 bits per heavy atom. The highest BCUT2D eigenvalue weighted by molar-refractivity contribution is 5.94. The molecule has 0 unspecified atom stereocenters. The van der Waals surface area contributed by atoms with Gasteiger partial charge in [-0.25, -0.2) is 0 Å². The van der Waals surface area contributed by atoms with Crippen LogP contribution in [0.3, 0.4) is 0 Å². The van der Waals surface area contributed by atoms with Crippen molar-refractivity contribution in [3.8, 4) is 22.3 Å². The first kappa shape index (κ1) is 49.1. The number of benzene rings is 9. The Hall–Kier alpha value is -8.46. The molecule has 2 heteroatoms. The molecular weight excluding hydrogens is 941 g/mol. The van der Waals surface area contributed by atoms with Gasteiger partial charge >= 0.3 is 0 Å². The van der Waals surface area contributed by atoms with Crippen LogP contribution in [-0.2, 0) is 10.8 Å². The van der Waals surface area contributed by atoms with Crippen LogP contribution in [0.2, 0.25) is 0 Å². The summed E-state index contributed by atoms with van der Waals surface area (Å²) in [6.45, 7) is 18.2. The van der Waals surface area contributed by atoms with Gasteiger partial charge in [0.2, 0.25) is 0 Å². The van der Waals surface area contributed by atoms with Crippen molar-refractivity contribution in [3.05, 3.63) is 296 Å². The Bertz CT molecular complexity index is 3620. The van der Waals surface area contributed by atoms with Crippen molar-refractivity contribution in [3.63, 3.8) is 0 Å². The summed E-state index contributed by atoms with van der Waals surface area (Å²) in [4.78, 5) is 4.71. The van der Waals surface area contributed by atoms with Crippen molar-refractivity contribution in [1.29, 1.82) is 0 Å². The number of anilines is 6. The predicted octanol–water partition coefficient (Wildman–Crippen LogP) is 20.8. The lowest BCUT2D eigenvalue weighted by molar-refractivity contribution is 0.648. The first-order valence-electron chi connectivity index (χ1n) is 28.1. The highest BCUT2D eigenvalue weighted by Gasteiger charge is 2.50. The van der Waals surface area contributed by atoms with Gasteiger partial charge in [-0.05, 0) is 230 Å². The molecule has 0 N–H and O–H groups in total. The molecule has 0 aromatic heterocycles. The average molecular weight is 1010 g/mol. The summed E-state index contributed by atoms with van der Waals surface area (Å²) in [6, 6.07) is 78.2. The van der Waals surface area contributed by atoms with E-state index in [9.17, 15) is 0 Å². The highest BCUT2D eigenvalue weighted by atomic mass is 15.1. The number of nitrogens with zero attached hydrogens (tertiary/aromatic N) is 2. The number of rotatable bonds is 10. The molecule has 2 nitrogen and oxygen atoms in total. The van der Waals surface area contributed by atoms with Crippen LogP contribution in [0.1, 0.15) is 109 Å². The van der Waals surface area contributed by atoms with E-state index in [0.717, 1.165) is 59.8 Å². The van der Waals surface area contributed by atoms with Crippen molar-refractivity contribution < 1.29 is 0 Å². The second-order valence-corrected chi connectivity index (χ2v) is 23.3.